The molecule has 1 aromatic rings. The van der Waals surface area contributed by atoms with E-state index >= 15 is 0 Å². The van der Waals surface area contributed by atoms with Crippen molar-refractivity contribution in [3.63, 3.8) is 0 Å². The molecule has 2 aliphatic carbocycles. The quantitative estimate of drug-likeness (QED) is 0.164. The number of esters is 1. The molecule has 2 aliphatic heterocycles. The van der Waals surface area contributed by atoms with E-state index in [1.807, 2.05) is 38.6 Å². The number of hydrogen-bond acceptors (Lipinski definition) is 11. The van der Waals surface area contributed by atoms with E-state index in [4.69, 9.17) is 20.2 Å². The number of phenolic OH excluding ortho intramolecular Hbond substituents is 1. The fourth-order valence-electron chi connectivity index (χ4n) is 8.82. The highest BCUT2D eigenvalue weighted by atomic mass is 33.1. The van der Waals surface area contributed by atoms with Crippen molar-refractivity contribution in [1.29, 1.82) is 0 Å². The summed E-state index contributed by atoms with van der Waals surface area (Å²) in [6.45, 7) is 6.73. The molecule has 2 saturated carbocycles. The van der Waals surface area contributed by atoms with Crippen LogP contribution in [0.25, 0.3) is 0 Å². The van der Waals surface area contributed by atoms with Crippen LogP contribution in [0.3, 0.4) is 0 Å². The van der Waals surface area contributed by atoms with Gasteiger partial charge in [0.2, 0.25) is 5.91 Å². The summed E-state index contributed by atoms with van der Waals surface area (Å²) >= 11 is 0. The molecule has 12 heteroatoms. The molecule has 3 fully saturated rings. The van der Waals surface area contributed by atoms with Crippen LogP contribution < -0.4 is 15.8 Å². The van der Waals surface area contributed by atoms with Gasteiger partial charge in [0.15, 0.2) is 17.5 Å². The van der Waals surface area contributed by atoms with Crippen molar-refractivity contribution in [1.82, 2.24) is 10.2 Å². The Morgan fingerprint density at radius 2 is 1.78 bits per heavy atom. The Bertz CT molecular complexity index is 1380. The number of aromatic hydroxyl groups is 1. The summed E-state index contributed by atoms with van der Waals surface area (Å²) in [7, 11) is 3.83. The van der Waals surface area contributed by atoms with Crippen molar-refractivity contribution in [2.45, 2.75) is 185 Å². The number of carbonyl (C=O) groups excluding carboxylic acids is 2. The molecule has 1 aromatic carbocycles. The van der Waals surface area contributed by atoms with Crippen LogP contribution in [-0.2, 0) is 27.3 Å². The van der Waals surface area contributed by atoms with Gasteiger partial charge in [-0.05, 0) is 107 Å². The number of hydrogen-bond donors (Lipinski definition) is 4. The summed E-state index contributed by atoms with van der Waals surface area (Å²) < 4.78 is 12.2. The molecule has 4 atom stereocenters. The second kappa shape index (κ2) is 21.3. The highest BCUT2D eigenvalue weighted by Gasteiger charge is 2.40. The molecule has 304 valence electrons. The minimum absolute atomic E-state index is 0.0352. The largest absolute Gasteiger partial charge is 0.504 e. The lowest BCUT2D eigenvalue weighted by Crippen LogP contribution is -2.47. The van der Waals surface area contributed by atoms with Gasteiger partial charge in [0, 0.05) is 50.2 Å². The molecule has 5 rings (SSSR count). The molecule has 0 radical (unpaired) electrons. The third-order valence-corrected chi connectivity index (χ3v) is 15.0. The number of aliphatic imine (C=N–C) groups is 1. The molecule has 1 amide bonds. The Kier molecular flexibility index (Phi) is 16.9. The number of fused-ring (bicyclic) bond motifs is 4. The Morgan fingerprint density at radius 3 is 2.52 bits per heavy atom. The van der Waals surface area contributed by atoms with Crippen molar-refractivity contribution in [2.24, 2.45) is 22.6 Å². The van der Waals surface area contributed by atoms with Crippen molar-refractivity contribution >= 4 is 39.4 Å². The summed E-state index contributed by atoms with van der Waals surface area (Å²) in [4.78, 5) is 32.7. The zero-order valence-corrected chi connectivity index (χ0v) is 34.8. The van der Waals surface area contributed by atoms with Crippen LogP contribution in [-0.4, -0.2) is 74.5 Å². The fraction of sp³-hybridized carbons (Fsp3) is 0.786. The smallest absolute Gasteiger partial charge is 0.302 e. The van der Waals surface area contributed by atoms with Crippen LogP contribution in [0, 0.1) is 11.8 Å². The number of benzene rings is 1. The SMILES string of the molecule is CC(=O)O[C@@H]1CCc2cc(c(O)c(OC3CCCC3)c2)CN2C(=O)C[C@H](CCN=C(N)NC3(CCCC3)SSCCCCCC[C@H](O)C1)[C@H]2CCC(C)C. The van der Waals surface area contributed by atoms with E-state index in [1.54, 1.807) is 0 Å². The number of amides is 1. The van der Waals surface area contributed by atoms with Crippen molar-refractivity contribution in [3.8, 4) is 11.5 Å². The van der Waals surface area contributed by atoms with E-state index < -0.39 is 12.2 Å². The predicted molar refractivity (Wildman–Crippen MR) is 221 cm³/mol. The highest BCUT2D eigenvalue weighted by Crippen LogP contribution is 2.46. The summed E-state index contributed by atoms with van der Waals surface area (Å²) in [6, 6.07) is 3.95. The Balaban J connectivity index is 1.40. The second-order valence-corrected chi connectivity index (χ2v) is 19.6. The summed E-state index contributed by atoms with van der Waals surface area (Å²) in [5, 5.41) is 26.3. The van der Waals surface area contributed by atoms with Gasteiger partial charge >= 0.3 is 5.97 Å². The minimum atomic E-state index is -0.549. The van der Waals surface area contributed by atoms with Gasteiger partial charge in [-0.2, -0.15) is 0 Å². The van der Waals surface area contributed by atoms with E-state index in [9.17, 15) is 19.8 Å². The minimum Gasteiger partial charge on any atom is -0.504 e. The molecule has 54 heavy (non-hydrogen) atoms. The molecule has 4 bridgehead atoms. The number of guanidine groups is 1. The Hall–Kier alpha value is -2.31. The van der Waals surface area contributed by atoms with Crippen LogP contribution in [0.15, 0.2) is 17.1 Å². The summed E-state index contributed by atoms with van der Waals surface area (Å²) in [5.41, 5.74) is 8.18. The van der Waals surface area contributed by atoms with E-state index in [0.29, 0.717) is 68.4 Å². The van der Waals surface area contributed by atoms with Crippen LogP contribution in [0.1, 0.15) is 154 Å². The maximum absolute atomic E-state index is 13.8. The number of rotatable bonds is 6. The topological polar surface area (TPSA) is 147 Å². The first-order chi connectivity index (χ1) is 26.0. The van der Waals surface area contributed by atoms with Crippen LogP contribution in [0.5, 0.6) is 11.5 Å². The van der Waals surface area contributed by atoms with E-state index in [0.717, 1.165) is 94.8 Å². The monoisotopic (exact) mass is 788 g/mol. The molecule has 5 N–H and O–H groups in total. The number of nitrogens with two attached hydrogens (primary N) is 1. The molecule has 1 spiro atoms. The molecule has 10 nitrogen and oxygen atoms in total. The lowest BCUT2D eigenvalue weighted by molar-refractivity contribution is -0.148. The molecular formula is C42H68N4O6S2. The van der Waals surface area contributed by atoms with E-state index in [2.05, 4.69) is 19.2 Å². The average molecular weight is 789 g/mol. The summed E-state index contributed by atoms with van der Waals surface area (Å²) in [5.74, 6) is 2.53. The third-order valence-electron chi connectivity index (χ3n) is 11.8. The first kappa shape index (κ1) is 42.8. The number of carbonyl (C=O) groups is 2. The maximum Gasteiger partial charge on any atom is 0.302 e. The first-order valence-corrected chi connectivity index (χ1v) is 23.4. The van der Waals surface area contributed by atoms with Crippen LogP contribution >= 0.6 is 21.6 Å². The van der Waals surface area contributed by atoms with Gasteiger partial charge in [0.05, 0.1) is 17.1 Å². The van der Waals surface area contributed by atoms with E-state index in [-0.39, 0.29) is 40.6 Å². The van der Waals surface area contributed by atoms with Crippen LogP contribution in [0.4, 0.5) is 0 Å². The van der Waals surface area contributed by atoms with Gasteiger partial charge in [-0.1, -0.05) is 73.6 Å². The van der Waals surface area contributed by atoms with Crippen molar-refractivity contribution in [3.05, 3.63) is 23.3 Å². The van der Waals surface area contributed by atoms with Gasteiger partial charge in [-0.15, -0.1) is 0 Å². The average Bonchev–Trinajstić information content (AvgIpc) is 3.87. The highest BCUT2D eigenvalue weighted by molar-refractivity contribution is 8.77. The number of aliphatic hydroxyl groups excluding tert-OH is 1. The molecule has 0 unspecified atom stereocenters. The lowest BCUT2D eigenvalue weighted by atomic mass is 9.90. The molecule has 2 heterocycles. The Morgan fingerprint density at radius 1 is 1.04 bits per heavy atom. The molecular weight excluding hydrogens is 721 g/mol. The number of ether oxygens (including phenoxy) is 2. The molecule has 1 saturated heterocycles. The third kappa shape index (κ3) is 13.1. The zero-order chi connectivity index (χ0) is 38.5. The van der Waals surface area contributed by atoms with Gasteiger partial charge in [-0.25, -0.2) is 0 Å². The summed E-state index contributed by atoms with van der Waals surface area (Å²) in [6.07, 6.45) is 17.2. The maximum atomic E-state index is 13.8. The van der Waals surface area contributed by atoms with Gasteiger partial charge < -0.3 is 35.6 Å². The number of nitrogens with zero attached hydrogens (tertiary/aromatic N) is 2. The standard InChI is InChI=1S/C42H68N4O6S2/c1-29(2)15-18-37-32-19-22-44-41(43)45-42(20-9-10-21-42)54-53-23-11-5-4-6-12-34(48)27-36(51-30(3)47)17-16-31-24-33(28-46(37)39(49)26-32)40(50)38(25-31)52-35-13-7-8-14-35/h24-25,29,32,34-37,48,50H,4-23,26-28H2,1-3H3,(H3,43,44,45)/t32-,34-,36+,37+/m0/s1. The van der Waals surface area contributed by atoms with Gasteiger partial charge in [-0.3, -0.25) is 14.6 Å². The Labute approximate surface area is 332 Å². The number of aliphatic hydroxyl groups is 1. The van der Waals surface area contributed by atoms with Crippen LogP contribution in [0.2, 0.25) is 0 Å². The van der Waals surface area contributed by atoms with Gasteiger partial charge in [0.25, 0.3) is 0 Å². The van der Waals surface area contributed by atoms with Crippen molar-refractivity contribution in [2.75, 3.05) is 12.3 Å². The zero-order valence-electron chi connectivity index (χ0n) is 33.2. The van der Waals surface area contributed by atoms with E-state index in [1.165, 1.54) is 19.8 Å². The normalized spacial score (nSPS) is 27.2. The molecule has 4 aliphatic rings. The second-order valence-electron chi connectivity index (χ2n) is 16.8. The number of aryl methyl sites for hydroxylation is 1. The van der Waals surface area contributed by atoms with Gasteiger partial charge in [0.1, 0.15) is 6.10 Å². The van der Waals surface area contributed by atoms with Crippen molar-refractivity contribution < 1.29 is 29.3 Å². The lowest BCUT2D eigenvalue weighted by Gasteiger charge is -2.30. The number of phenols is 1. The first-order valence-electron chi connectivity index (χ1n) is 21.0. The fourth-order valence-corrected chi connectivity index (χ4v) is 12.0. The predicted octanol–water partition coefficient (Wildman–Crippen LogP) is 8.39. The molecule has 0 aromatic heterocycles. The number of nitrogens with one attached hydrogen (secondary N) is 1.